The first-order valence-electron chi connectivity index (χ1n) is 9.05. The Labute approximate surface area is 144 Å². The van der Waals surface area contributed by atoms with Gasteiger partial charge in [-0.1, -0.05) is 43.2 Å². The topological polar surface area (TPSA) is 61.8 Å². The number of ether oxygens (including phenoxy) is 1. The second-order valence-corrected chi connectivity index (χ2v) is 6.92. The number of benzene rings is 1. The number of aliphatic hydroxyl groups excluding tert-OH is 1. The molecule has 3 atom stereocenters. The third-order valence-corrected chi connectivity index (χ3v) is 5.16. The second-order valence-electron chi connectivity index (χ2n) is 6.92. The molecule has 1 heterocycles. The van der Waals surface area contributed by atoms with Crippen LogP contribution in [0.5, 0.6) is 0 Å². The normalized spacial score (nSPS) is 28.5. The first kappa shape index (κ1) is 17.4. The van der Waals surface area contributed by atoms with E-state index in [0.29, 0.717) is 13.2 Å². The summed E-state index contributed by atoms with van der Waals surface area (Å²) in [5, 5.41) is 12.6. The Bertz CT molecular complexity index is 523. The van der Waals surface area contributed by atoms with Gasteiger partial charge in [-0.3, -0.25) is 9.69 Å². The minimum Gasteiger partial charge on any atom is -0.396 e. The van der Waals surface area contributed by atoms with Crippen molar-refractivity contribution in [3.8, 4) is 0 Å². The van der Waals surface area contributed by atoms with E-state index >= 15 is 0 Å². The van der Waals surface area contributed by atoms with E-state index in [0.717, 1.165) is 38.8 Å². The Hall–Kier alpha value is -1.43. The average Bonchev–Trinajstić information content (AvgIpc) is 2.63. The van der Waals surface area contributed by atoms with Crippen molar-refractivity contribution in [2.45, 2.75) is 44.4 Å². The molecule has 0 spiro atoms. The molecule has 3 rings (SSSR count). The Balaban J connectivity index is 1.53. The first-order chi connectivity index (χ1) is 11.8. The molecular weight excluding hydrogens is 304 g/mol. The molecule has 2 aliphatic rings. The molecule has 5 nitrogen and oxygen atoms in total. The minimum absolute atomic E-state index is 0.0295. The molecule has 1 amide bonds. The summed E-state index contributed by atoms with van der Waals surface area (Å²) in [7, 11) is 0. The van der Waals surface area contributed by atoms with Gasteiger partial charge >= 0.3 is 0 Å². The van der Waals surface area contributed by atoms with Gasteiger partial charge in [0.15, 0.2) is 0 Å². The smallest absolute Gasteiger partial charge is 0.250 e. The molecule has 0 aromatic heterocycles. The van der Waals surface area contributed by atoms with Crippen LogP contribution < -0.4 is 5.32 Å². The van der Waals surface area contributed by atoms with E-state index < -0.39 is 6.10 Å². The minimum atomic E-state index is -0.413. The van der Waals surface area contributed by atoms with E-state index in [1.165, 1.54) is 5.56 Å². The van der Waals surface area contributed by atoms with Crippen LogP contribution in [0.3, 0.4) is 0 Å². The van der Waals surface area contributed by atoms with Crippen LogP contribution in [0.25, 0.3) is 0 Å². The first-order valence-corrected chi connectivity index (χ1v) is 9.05. The maximum absolute atomic E-state index is 12.6. The number of nitrogens with one attached hydrogen (secondary N) is 1. The number of rotatable bonds is 5. The van der Waals surface area contributed by atoms with E-state index in [9.17, 15) is 9.90 Å². The number of carbonyl (C=O) groups is 1. The lowest BCUT2D eigenvalue weighted by atomic mass is 9.85. The molecule has 5 heteroatoms. The average molecular weight is 332 g/mol. The van der Waals surface area contributed by atoms with E-state index in [-0.39, 0.29) is 24.5 Å². The van der Waals surface area contributed by atoms with Crippen molar-refractivity contribution >= 4 is 5.91 Å². The maximum Gasteiger partial charge on any atom is 0.250 e. The van der Waals surface area contributed by atoms with E-state index in [1.807, 2.05) is 18.2 Å². The molecule has 1 aliphatic carbocycles. The SMILES string of the molecule is O=C(NC1CCCCC1CO)C1CN(Cc2ccccc2)CCO1. The highest BCUT2D eigenvalue weighted by Gasteiger charge is 2.31. The quantitative estimate of drug-likeness (QED) is 0.859. The zero-order chi connectivity index (χ0) is 16.8. The fraction of sp³-hybridized carbons (Fsp3) is 0.632. The predicted molar refractivity (Wildman–Crippen MR) is 92.4 cm³/mol. The summed E-state index contributed by atoms with van der Waals surface area (Å²) in [6.07, 6.45) is 3.80. The number of nitrogens with zero attached hydrogens (tertiary/aromatic N) is 1. The summed E-state index contributed by atoms with van der Waals surface area (Å²) in [6.45, 7) is 3.05. The van der Waals surface area contributed by atoms with Crippen LogP contribution in [0.2, 0.25) is 0 Å². The van der Waals surface area contributed by atoms with Crippen LogP contribution in [0.15, 0.2) is 30.3 Å². The molecule has 0 radical (unpaired) electrons. The lowest BCUT2D eigenvalue weighted by Crippen LogP contribution is -2.53. The highest BCUT2D eigenvalue weighted by atomic mass is 16.5. The third kappa shape index (κ3) is 4.56. The highest BCUT2D eigenvalue weighted by Crippen LogP contribution is 2.24. The van der Waals surface area contributed by atoms with E-state index in [2.05, 4.69) is 22.3 Å². The maximum atomic E-state index is 12.6. The molecule has 1 aliphatic heterocycles. The van der Waals surface area contributed by atoms with Gasteiger partial charge in [-0.25, -0.2) is 0 Å². The van der Waals surface area contributed by atoms with Crippen molar-refractivity contribution in [1.29, 1.82) is 0 Å². The van der Waals surface area contributed by atoms with E-state index in [1.54, 1.807) is 0 Å². The molecule has 1 saturated heterocycles. The number of carbonyl (C=O) groups excluding carboxylic acids is 1. The van der Waals surface area contributed by atoms with Gasteiger partial charge in [0, 0.05) is 38.2 Å². The van der Waals surface area contributed by atoms with Crippen LogP contribution in [0.4, 0.5) is 0 Å². The summed E-state index contributed by atoms with van der Waals surface area (Å²) in [4.78, 5) is 14.9. The van der Waals surface area contributed by atoms with Crippen molar-refractivity contribution in [3.05, 3.63) is 35.9 Å². The summed E-state index contributed by atoms with van der Waals surface area (Å²) in [5.41, 5.74) is 1.26. The number of amides is 1. The van der Waals surface area contributed by atoms with Crippen molar-refractivity contribution < 1.29 is 14.6 Å². The largest absolute Gasteiger partial charge is 0.396 e. The number of aliphatic hydroxyl groups is 1. The molecule has 1 aromatic carbocycles. The zero-order valence-corrected chi connectivity index (χ0v) is 14.2. The third-order valence-electron chi connectivity index (χ3n) is 5.16. The van der Waals surface area contributed by atoms with Gasteiger partial charge in [0.25, 0.3) is 5.91 Å². The molecule has 0 bridgehead atoms. The number of hydrogen-bond donors (Lipinski definition) is 2. The van der Waals surface area contributed by atoms with Gasteiger partial charge in [0.2, 0.25) is 0 Å². The molecular formula is C19H28N2O3. The van der Waals surface area contributed by atoms with Crippen LogP contribution >= 0.6 is 0 Å². The summed E-state index contributed by atoms with van der Waals surface area (Å²) in [5.74, 6) is 0.157. The molecule has 3 unspecified atom stereocenters. The molecule has 1 aromatic rings. The van der Waals surface area contributed by atoms with Gasteiger partial charge < -0.3 is 15.2 Å². The van der Waals surface area contributed by atoms with Crippen molar-refractivity contribution in [2.24, 2.45) is 5.92 Å². The van der Waals surface area contributed by atoms with Gasteiger partial charge in [0.05, 0.1) is 6.61 Å². The Morgan fingerprint density at radius 2 is 2.04 bits per heavy atom. The van der Waals surface area contributed by atoms with Crippen molar-refractivity contribution in [1.82, 2.24) is 10.2 Å². The standard InChI is InChI=1S/C19H28N2O3/c22-14-16-8-4-5-9-17(16)20-19(23)18-13-21(10-11-24-18)12-15-6-2-1-3-7-15/h1-3,6-7,16-18,22H,4-5,8-14H2,(H,20,23). The molecule has 2 fully saturated rings. The van der Waals surface area contributed by atoms with Crippen LogP contribution in [0, 0.1) is 5.92 Å². The number of morpholine rings is 1. The highest BCUT2D eigenvalue weighted by molar-refractivity contribution is 5.81. The van der Waals surface area contributed by atoms with Crippen molar-refractivity contribution in [3.63, 3.8) is 0 Å². The zero-order valence-electron chi connectivity index (χ0n) is 14.2. The fourth-order valence-corrected chi connectivity index (χ4v) is 3.74. The Morgan fingerprint density at radius 1 is 1.25 bits per heavy atom. The van der Waals surface area contributed by atoms with Gasteiger partial charge in [-0.05, 0) is 18.4 Å². The van der Waals surface area contributed by atoms with Crippen LogP contribution in [-0.2, 0) is 16.1 Å². The lowest BCUT2D eigenvalue weighted by Gasteiger charge is -2.35. The van der Waals surface area contributed by atoms with Gasteiger partial charge in [-0.2, -0.15) is 0 Å². The van der Waals surface area contributed by atoms with Crippen molar-refractivity contribution in [2.75, 3.05) is 26.3 Å². The monoisotopic (exact) mass is 332 g/mol. The Kier molecular flexibility index (Phi) is 6.24. The fourth-order valence-electron chi connectivity index (χ4n) is 3.74. The molecule has 2 N–H and O–H groups in total. The van der Waals surface area contributed by atoms with Crippen LogP contribution in [0.1, 0.15) is 31.2 Å². The van der Waals surface area contributed by atoms with Gasteiger partial charge in [0.1, 0.15) is 6.10 Å². The molecule has 132 valence electrons. The summed E-state index contributed by atoms with van der Waals surface area (Å²) < 4.78 is 5.70. The number of hydrogen-bond acceptors (Lipinski definition) is 4. The Morgan fingerprint density at radius 3 is 2.83 bits per heavy atom. The van der Waals surface area contributed by atoms with Crippen LogP contribution in [-0.4, -0.2) is 54.4 Å². The van der Waals surface area contributed by atoms with Gasteiger partial charge in [-0.15, -0.1) is 0 Å². The summed E-state index contributed by atoms with van der Waals surface area (Å²) in [6, 6.07) is 10.4. The summed E-state index contributed by atoms with van der Waals surface area (Å²) >= 11 is 0. The lowest BCUT2D eigenvalue weighted by molar-refractivity contribution is -0.140. The molecule has 24 heavy (non-hydrogen) atoms. The predicted octanol–water partition coefficient (Wildman–Crippen LogP) is 1.55. The second kappa shape index (κ2) is 8.60. The van der Waals surface area contributed by atoms with E-state index in [4.69, 9.17) is 4.74 Å². The molecule has 1 saturated carbocycles.